The van der Waals surface area contributed by atoms with Crippen molar-refractivity contribution in [3.05, 3.63) is 81.2 Å². The standard InChI is InChI=1S/C22H18Cl3N3O3/c23-14-3-5-17(24)16(12-14)21(29)26-15-4-6-19(18(25)13-15)27-7-9-28(10-8-27)22(30)20-2-1-11-31-20/h1-6,11-13H,7-10H2,(H,26,29). The van der Waals surface area contributed by atoms with Crippen LogP contribution in [0.4, 0.5) is 11.4 Å². The molecule has 31 heavy (non-hydrogen) atoms. The van der Waals surface area contributed by atoms with Crippen LogP contribution in [0.2, 0.25) is 15.1 Å². The molecule has 1 aliphatic rings. The Bertz CT molecular complexity index is 1110. The minimum Gasteiger partial charge on any atom is -0.459 e. The van der Waals surface area contributed by atoms with E-state index in [9.17, 15) is 9.59 Å². The molecule has 0 bridgehead atoms. The van der Waals surface area contributed by atoms with E-state index in [1.165, 1.54) is 12.3 Å². The fourth-order valence-corrected chi connectivity index (χ4v) is 4.09. The zero-order valence-corrected chi connectivity index (χ0v) is 18.5. The molecule has 2 heterocycles. The number of halogens is 3. The second kappa shape index (κ2) is 9.22. The summed E-state index contributed by atoms with van der Waals surface area (Å²) in [6.07, 6.45) is 1.49. The summed E-state index contributed by atoms with van der Waals surface area (Å²) < 4.78 is 5.19. The average molecular weight is 479 g/mol. The number of furan rings is 1. The molecule has 9 heteroatoms. The van der Waals surface area contributed by atoms with Crippen LogP contribution in [-0.2, 0) is 0 Å². The van der Waals surface area contributed by atoms with Gasteiger partial charge in [0, 0.05) is 36.9 Å². The van der Waals surface area contributed by atoms with Crippen molar-refractivity contribution in [2.24, 2.45) is 0 Å². The molecule has 3 aromatic rings. The SMILES string of the molecule is O=C(Nc1ccc(N2CCN(C(=O)c3ccco3)CC2)c(Cl)c1)c1cc(Cl)ccc1Cl. The van der Waals surface area contributed by atoms with Crippen LogP contribution in [0.15, 0.2) is 59.2 Å². The van der Waals surface area contributed by atoms with E-state index in [0.29, 0.717) is 52.7 Å². The molecule has 6 nitrogen and oxygen atoms in total. The molecule has 1 fully saturated rings. The maximum atomic E-state index is 12.5. The van der Waals surface area contributed by atoms with Gasteiger partial charge in [-0.1, -0.05) is 34.8 Å². The number of piperazine rings is 1. The van der Waals surface area contributed by atoms with Crippen molar-refractivity contribution in [3.63, 3.8) is 0 Å². The molecule has 0 saturated carbocycles. The molecule has 1 saturated heterocycles. The number of hydrogen-bond donors (Lipinski definition) is 1. The van der Waals surface area contributed by atoms with Crippen LogP contribution in [0.1, 0.15) is 20.9 Å². The fourth-order valence-electron chi connectivity index (χ4n) is 3.42. The zero-order valence-electron chi connectivity index (χ0n) is 16.3. The molecular weight excluding hydrogens is 461 g/mol. The van der Waals surface area contributed by atoms with Gasteiger partial charge in [0.05, 0.1) is 27.6 Å². The highest BCUT2D eigenvalue weighted by molar-refractivity contribution is 6.36. The summed E-state index contributed by atoms with van der Waals surface area (Å²) in [5.41, 5.74) is 1.67. The van der Waals surface area contributed by atoms with Gasteiger partial charge < -0.3 is 19.5 Å². The van der Waals surface area contributed by atoms with Crippen LogP contribution in [0.5, 0.6) is 0 Å². The van der Waals surface area contributed by atoms with Crippen molar-refractivity contribution in [2.45, 2.75) is 0 Å². The van der Waals surface area contributed by atoms with E-state index in [0.717, 1.165) is 5.69 Å². The minimum atomic E-state index is -0.374. The van der Waals surface area contributed by atoms with E-state index in [1.807, 2.05) is 6.07 Å². The molecule has 2 aromatic carbocycles. The smallest absolute Gasteiger partial charge is 0.289 e. The van der Waals surface area contributed by atoms with Gasteiger partial charge in [-0.2, -0.15) is 0 Å². The van der Waals surface area contributed by atoms with Crippen LogP contribution < -0.4 is 10.2 Å². The number of hydrogen-bond acceptors (Lipinski definition) is 4. The predicted molar refractivity (Wildman–Crippen MR) is 123 cm³/mol. The highest BCUT2D eigenvalue weighted by Gasteiger charge is 2.25. The Hall–Kier alpha value is -2.67. The first-order valence-electron chi connectivity index (χ1n) is 9.56. The third-order valence-electron chi connectivity index (χ3n) is 5.02. The van der Waals surface area contributed by atoms with Gasteiger partial charge in [-0.25, -0.2) is 0 Å². The quantitative estimate of drug-likeness (QED) is 0.541. The Kier molecular flexibility index (Phi) is 6.41. The van der Waals surface area contributed by atoms with Crippen molar-refractivity contribution < 1.29 is 14.0 Å². The van der Waals surface area contributed by atoms with Gasteiger partial charge in [-0.3, -0.25) is 9.59 Å². The monoisotopic (exact) mass is 477 g/mol. The second-order valence-corrected chi connectivity index (χ2v) is 8.25. The van der Waals surface area contributed by atoms with Crippen LogP contribution in [0, 0.1) is 0 Å². The molecular formula is C22H18Cl3N3O3. The Morgan fingerprint density at radius 3 is 2.35 bits per heavy atom. The van der Waals surface area contributed by atoms with Gasteiger partial charge in [0.1, 0.15) is 0 Å². The number of amides is 2. The third kappa shape index (κ3) is 4.82. The number of anilines is 2. The molecule has 1 N–H and O–H groups in total. The van der Waals surface area contributed by atoms with Crippen LogP contribution >= 0.6 is 34.8 Å². The number of rotatable bonds is 4. The summed E-state index contributed by atoms with van der Waals surface area (Å²) in [5, 5.41) is 4.02. The maximum Gasteiger partial charge on any atom is 0.289 e. The Morgan fingerprint density at radius 1 is 0.903 bits per heavy atom. The number of nitrogens with zero attached hydrogens (tertiary/aromatic N) is 2. The normalized spacial score (nSPS) is 13.9. The molecule has 160 valence electrons. The van der Waals surface area contributed by atoms with Crippen molar-refractivity contribution in [2.75, 3.05) is 36.4 Å². The fraction of sp³-hybridized carbons (Fsp3) is 0.182. The molecule has 1 aliphatic heterocycles. The van der Waals surface area contributed by atoms with Crippen molar-refractivity contribution in [3.8, 4) is 0 Å². The van der Waals surface area contributed by atoms with E-state index in [-0.39, 0.29) is 17.4 Å². The Morgan fingerprint density at radius 2 is 1.68 bits per heavy atom. The highest BCUT2D eigenvalue weighted by Crippen LogP contribution is 2.30. The van der Waals surface area contributed by atoms with Gasteiger partial charge in [0.15, 0.2) is 5.76 Å². The zero-order chi connectivity index (χ0) is 22.0. The average Bonchev–Trinajstić information content (AvgIpc) is 3.30. The summed E-state index contributed by atoms with van der Waals surface area (Å²) in [6.45, 7) is 2.38. The lowest BCUT2D eigenvalue weighted by atomic mass is 10.2. The minimum absolute atomic E-state index is 0.117. The number of benzene rings is 2. The van der Waals surface area contributed by atoms with Gasteiger partial charge in [0.25, 0.3) is 11.8 Å². The number of carbonyl (C=O) groups is 2. The molecule has 0 spiro atoms. The summed E-state index contributed by atoms with van der Waals surface area (Å²) in [4.78, 5) is 28.8. The maximum absolute atomic E-state index is 12.5. The van der Waals surface area contributed by atoms with Gasteiger partial charge in [-0.15, -0.1) is 0 Å². The molecule has 4 rings (SSSR count). The second-order valence-electron chi connectivity index (χ2n) is 7.00. The summed E-state index contributed by atoms with van der Waals surface area (Å²) in [5.74, 6) is -0.152. The molecule has 0 atom stereocenters. The highest BCUT2D eigenvalue weighted by atomic mass is 35.5. The lowest BCUT2D eigenvalue weighted by Crippen LogP contribution is -2.48. The van der Waals surface area contributed by atoms with E-state index in [4.69, 9.17) is 39.2 Å². The van der Waals surface area contributed by atoms with E-state index < -0.39 is 0 Å². The van der Waals surface area contributed by atoms with Gasteiger partial charge >= 0.3 is 0 Å². The van der Waals surface area contributed by atoms with E-state index in [2.05, 4.69) is 10.2 Å². The molecule has 2 amide bonds. The Balaban J connectivity index is 1.41. The molecule has 0 radical (unpaired) electrons. The summed E-state index contributed by atoms with van der Waals surface area (Å²) in [7, 11) is 0. The largest absolute Gasteiger partial charge is 0.459 e. The van der Waals surface area contributed by atoms with Gasteiger partial charge in [0.2, 0.25) is 0 Å². The van der Waals surface area contributed by atoms with Crippen LogP contribution in [0.25, 0.3) is 0 Å². The lowest BCUT2D eigenvalue weighted by Gasteiger charge is -2.36. The van der Waals surface area contributed by atoms with Crippen LogP contribution in [0.3, 0.4) is 0 Å². The van der Waals surface area contributed by atoms with Crippen molar-refractivity contribution >= 4 is 58.0 Å². The van der Waals surface area contributed by atoms with Crippen LogP contribution in [-0.4, -0.2) is 42.9 Å². The predicted octanol–water partition coefficient (Wildman–Crippen LogP) is 5.45. The molecule has 0 aliphatic carbocycles. The first-order valence-corrected chi connectivity index (χ1v) is 10.7. The molecule has 1 aromatic heterocycles. The van der Waals surface area contributed by atoms with E-state index >= 15 is 0 Å². The third-order valence-corrected chi connectivity index (χ3v) is 5.89. The molecule has 0 unspecified atom stereocenters. The number of carbonyl (C=O) groups excluding carboxylic acids is 2. The summed E-state index contributed by atoms with van der Waals surface area (Å²) in [6, 6.07) is 13.4. The summed E-state index contributed by atoms with van der Waals surface area (Å²) >= 11 is 18.5. The first kappa shape index (κ1) is 21.6. The van der Waals surface area contributed by atoms with Crippen molar-refractivity contribution in [1.29, 1.82) is 0 Å². The first-order chi connectivity index (χ1) is 14.9. The topological polar surface area (TPSA) is 65.8 Å². The number of nitrogens with one attached hydrogen (secondary N) is 1. The van der Waals surface area contributed by atoms with E-state index in [1.54, 1.807) is 41.3 Å². The van der Waals surface area contributed by atoms with Crippen molar-refractivity contribution in [1.82, 2.24) is 4.90 Å². The Labute approximate surface area is 194 Å². The lowest BCUT2D eigenvalue weighted by molar-refractivity contribution is 0.0714. The van der Waals surface area contributed by atoms with Gasteiger partial charge in [-0.05, 0) is 48.5 Å².